The SMILES string of the molecule is COc1ccc(NC(=O)CC2SC(N3N=C(c4cccc(OC)c4)CC3c3ccc(Cl)cc3)=NC2=O)cc1. The summed E-state index contributed by atoms with van der Waals surface area (Å²) in [4.78, 5) is 29.8. The Morgan fingerprint density at radius 2 is 1.79 bits per heavy atom. The molecule has 0 bridgehead atoms. The van der Waals surface area contributed by atoms with E-state index >= 15 is 0 Å². The van der Waals surface area contributed by atoms with Gasteiger partial charge in [0.1, 0.15) is 16.7 Å². The summed E-state index contributed by atoms with van der Waals surface area (Å²) in [5.74, 6) is 0.804. The Labute approximate surface area is 229 Å². The number of anilines is 1. The van der Waals surface area contributed by atoms with E-state index < -0.39 is 5.25 Å². The summed E-state index contributed by atoms with van der Waals surface area (Å²) in [5, 5.41) is 9.95. The molecule has 2 aliphatic rings. The minimum atomic E-state index is -0.634. The van der Waals surface area contributed by atoms with Crippen LogP contribution in [-0.4, -0.2) is 47.2 Å². The minimum Gasteiger partial charge on any atom is -0.497 e. The molecular formula is C28H25ClN4O4S. The first-order valence-corrected chi connectivity index (χ1v) is 13.2. The zero-order chi connectivity index (χ0) is 26.6. The molecule has 194 valence electrons. The number of nitrogens with zero attached hydrogens (tertiary/aromatic N) is 3. The number of benzene rings is 3. The molecule has 0 spiro atoms. The lowest BCUT2D eigenvalue weighted by molar-refractivity contribution is -0.121. The quantitative estimate of drug-likeness (QED) is 0.417. The maximum absolute atomic E-state index is 12.8. The number of ether oxygens (including phenoxy) is 2. The van der Waals surface area contributed by atoms with Gasteiger partial charge in [-0.2, -0.15) is 10.1 Å². The predicted molar refractivity (Wildman–Crippen MR) is 150 cm³/mol. The summed E-state index contributed by atoms with van der Waals surface area (Å²) in [6.07, 6.45) is 0.597. The van der Waals surface area contributed by atoms with Crippen LogP contribution in [0.15, 0.2) is 82.9 Å². The summed E-state index contributed by atoms with van der Waals surface area (Å²) in [6, 6.07) is 22.1. The van der Waals surface area contributed by atoms with E-state index in [-0.39, 0.29) is 24.3 Å². The average Bonchev–Trinajstić information content (AvgIpc) is 3.53. The second-order valence-electron chi connectivity index (χ2n) is 8.71. The fraction of sp³-hybridized carbons (Fsp3) is 0.214. The van der Waals surface area contributed by atoms with Gasteiger partial charge >= 0.3 is 0 Å². The van der Waals surface area contributed by atoms with Crippen LogP contribution in [0, 0.1) is 0 Å². The number of amidine groups is 1. The summed E-state index contributed by atoms with van der Waals surface area (Å²) < 4.78 is 10.5. The molecule has 2 amide bonds. The Kier molecular flexibility index (Phi) is 7.67. The van der Waals surface area contributed by atoms with Crippen LogP contribution in [0.25, 0.3) is 0 Å². The van der Waals surface area contributed by atoms with Gasteiger partial charge in [0.05, 0.1) is 26.0 Å². The fourth-order valence-electron chi connectivity index (χ4n) is 4.27. The number of carbonyl (C=O) groups is 2. The molecule has 0 fully saturated rings. The van der Waals surface area contributed by atoms with Gasteiger partial charge in [0.2, 0.25) is 5.91 Å². The van der Waals surface area contributed by atoms with Crippen molar-refractivity contribution in [1.29, 1.82) is 0 Å². The summed E-state index contributed by atoms with van der Waals surface area (Å²) in [5.41, 5.74) is 3.39. The molecule has 38 heavy (non-hydrogen) atoms. The largest absolute Gasteiger partial charge is 0.497 e. The van der Waals surface area contributed by atoms with Crippen LogP contribution in [0.1, 0.15) is 30.0 Å². The number of amides is 2. The van der Waals surface area contributed by atoms with Crippen LogP contribution in [0.4, 0.5) is 5.69 Å². The highest BCUT2D eigenvalue weighted by molar-refractivity contribution is 8.15. The highest BCUT2D eigenvalue weighted by Crippen LogP contribution is 2.39. The van der Waals surface area contributed by atoms with Gasteiger partial charge in [-0.05, 0) is 54.1 Å². The van der Waals surface area contributed by atoms with Crippen LogP contribution >= 0.6 is 23.4 Å². The van der Waals surface area contributed by atoms with Gasteiger partial charge in [0.25, 0.3) is 5.91 Å². The molecule has 2 aliphatic heterocycles. The Morgan fingerprint density at radius 3 is 2.50 bits per heavy atom. The zero-order valence-electron chi connectivity index (χ0n) is 20.8. The first kappa shape index (κ1) is 25.8. The smallest absolute Gasteiger partial charge is 0.262 e. The predicted octanol–water partition coefficient (Wildman–Crippen LogP) is 5.54. The van der Waals surface area contributed by atoms with Crippen molar-refractivity contribution in [1.82, 2.24) is 5.01 Å². The van der Waals surface area contributed by atoms with Crippen molar-refractivity contribution in [3.8, 4) is 11.5 Å². The minimum absolute atomic E-state index is 0.00552. The van der Waals surface area contributed by atoms with Crippen molar-refractivity contribution in [3.05, 3.63) is 88.9 Å². The van der Waals surface area contributed by atoms with Gasteiger partial charge in [-0.25, -0.2) is 5.01 Å². The molecule has 5 rings (SSSR count). The molecule has 2 unspecified atom stereocenters. The monoisotopic (exact) mass is 548 g/mol. The number of methoxy groups -OCH3 is 2. The molecule has 0 radical (unpaired) electrons. The van der Waals surface area contributed by atoms with Crippen molar-refractivity contribution in [2.24, 2.45) is 10.1 Å². The van der Waals surface area contributed by atoms with Crippen LogP contribution in [0.2, 0.25) is 5.02 Å². The van der Waals surface area contributed by atoms with Crippen molar-refractivity contribution >= 4 is 51.7 Å². The van der Waals surface area contributed by atoms with Gasteiger partial charge in [0, 0.05) is 29.1 Å². The van der Waals surface area contributed by atoms with Crippen LogP contribution in [0.3, 0.4) is 0 Å². The topological polar surface area (TPSA) is 92.6 Å². The first-order valence-electron chi connectivity index (χ1n) is 11.9. The van der Waals surface area contributed by atoms with Crippen LogP contribution in [0.5, 0.6) is 11.5 Å². The van der Waals surface area contributed by atoms with Gasteiger partial charge in [-0.1, -0.05) is 47.6 Å². The Balaban J connectivity index is 1.34. The van der Waals surface area contributed by atoms with Crippen molar-refractivity contribution < 1.29 is 19.1 Å². The molecule has 3 aromatic rings. The summed E-state index contributed by atoms with van der Waals surface area (Å²) >= 11 is 7.38. The number of halogens is 1. The third-order valence-corrected chi connectivity index (χ3v) is 7.63. The van der Waals surface area contributed by atoms with E-state index in [1.165, 1.54) is 11.8 Å². The van der Waals surface area contributed by atoms with E-state index in [9.17, 15) is 9.59 Å². The molecule has 2 atom stereocenters. The van der Waals surface area contributed by atoms with E-state index in [4.69, 9.17) is 26.2 Å². The first-order chi connectivity index (χ1) is 18.4. The number of aliphatic imine (C=N–C) groups is 1. The number of hydrazone groups is 1. The lowest BCUT2D eigenvalue weighted by Crippen LogP contribution is -2.25. The van der Waals surface area contributed by atoms with Gasteiger partial charge in [-0.15, -0.1) is 0 Å². The fourth-order valence-corrected chi connectivity index (χ4v) is 5.46. The lowest BCUT2D eigenvalue weighted by atomic mass is 9.98. The zero-order valence-corrected chi connectivity index (χ0v) is 22.3. The molecule has 8 nitrogen and oxygen atoms in total. The maximum atomic E-state index is 12.8. The second-order valence-corrected chi connectivity index (χ2v) is 10.3. The third kappa shape index (κ3) is 5.69. The molecule has 0 aliphatic carbocycles. The Bertz CT molecular complexity index is 1410. The second kappa shape index (κ2) is 11.3. The van der Waals surface area contributed by atoms with Gasteiger partial charge in [-0.3, -0.25) is 9.59 Å². The molecule has 0 saturated carbocycles. The molecule has 10 heteroatoms. The van der Waals surface area contributed by atoms with E-state index in [0.29, 0.717) is 28.0 Å². The third-order valence-electron chi connectivity index (χ3n) is 6.24. The highest BCUT2D eigenvalue weighted by atomic mass is 35.5. The summed E-state index contributed by atoms with van der Waals surface area (Å²) in [6.45, 7) is 0. The van der Waals surface area contributed by atoms with Crippen molar-refractivity contribution in [2.45, 2.75) is 24.1 Å². The highest BCUT2D eigenvalue weighted by Gasteiger charge is 2.39. The number of hydrogen-bond acceptors (Lipinski definition) is 7. The number of hydrogen-bond donors (Lipinski definition) is 1. The lowest BCUT2D eigenvalue weighted by Gasteiger charge is -2.23. The van der Waals surface area contributed by atoms with E-state index in [0.717, 1.165) is 22.6 Å². The average molecular weight is 549 g/mol. The van der Waals surface area contributed by atoms with Crippen LogP contribution < -0.4 is 14.8 Å². The molecule has 0 aromatic heterocycles. The van der Waals surface area contributed by atoms with Crippen LogP contribution in [-0.2, 0) is 9.59 Å². The maximum Gasteiger partial charge on any atom is 0.262 e. The van der Waals surface area contributed by atoms with Crippen molar-refractivity contribution in [3.63, 3.8) is 0 Å². The number of thioether (sulfide) groups is 1. The standard InChI is InChI=1S/C28H25ClN4O4S/c1-36-21-12-10-20(11-13-21)30-26(34)16-25-27(35)31-28(38-25)33-24(17-6-8-19(29)9-7-17)15-23(32-33)18-4-3-5-22(14-18)37-2/h3-14,24-25H,15-16H2,1-2H3,(H,30,34). The molecule has 1 N–H and O–H groups in total. The van der Waals surface area contributed by atoms with Crippen molar-refractivity contribution in [2.75, 3.05) is 19.5 Å². The molecular weight excluding hydrogens is 524 g/mol. The van der Waals surface area contributed by atoms with Gasteiger partial charge in [0.15, 0.2) is 5.17 Å². The molecule has 3 aromatic carbocycles. The number of nitrogens with one attached hydrogen (secondary N) is 1. The van der Waals surface area contributed by atoms with E-state index in [1.54, 1.807) is 43.5 Å². The van der Waals surface area contributed by atoms with E-state index in [2.05, 4.69) is 10.3 Å². The normalized spacial score (nSPS) is 18.7. The number of carbonyl (C=O) groups excluding carboxylic acids is 2. The molecule has 0 saturated heterocycles. The van der Waals surface area contributed by atoms with Gasteiger partial charge < -0.3 is 14.8 Å². The summed E-state index contributed by atoms with van der Waals surface area (Å²) in [7, 11) is 3.20. The molecule has 2 heterocycles. The Morgan fingerprint density at radius 1 is 1.05 bits per heavy atom. The van der Waals surface area contributed by atoms with E-state index in [1.807, 2.05) is 48.5 Å². The Hall–Kier alpha value is -3.82. The number of rotatable bonds is 7.